The molecule has 1 amide bonds. The van der Waals surface area contributed by atoms with Gasteiger partial charge in [-0.3, -0.25) is 4.79 Å². The first-order valence-corrected chi connectivity index (χ1v) is 6.64. The van der Waals surface area contributed by atoms with E-state index in [9.17, 15) is 4.79 Å². The van der Waals surface area contributed by atoms with Crippen molar-refractivity contribution in [2.75, 3.05) is 0 Å². The number of nitrogens with zero attached hydrogens (tertiary/aromatic N) is 1. The second-order valence-electron chi connectivity index (χ2n) is 4.71. The van der Waals surface area contributed by atoms with Crippen LogP contribution < -0.4 is 5.73 Å². The van der Waals surface area contributed by atoms with Crippen molar-refractivity contribution in [1.29, 1.82) is 0 Å². The van der Waals surface area contributed by atoms with E-state index in [0.29, 0.717) is 17.1 Å². The number of carbonyl (C=O) groups excluding carboxylic acids is 1. The van der Waals surface area contributed by atoms with Crippen LogP contribution in [0.3, 0.4) is 0 Å². The van der Waals surface area contributed by atoms with Crippen LogP contribution in [0.4, 0.5) is 0 Å². The molecule has 1 aromatic heterocycles. The minimum Gasteiger partial charge on any atom is -0.366 e. The van der Waals surface area contributed by atoms with Gasteiger partial charge < -0.3 is 10.3 Å². The molecule has 4 heteroatoms. The highest BCUT2D eigenvalue weighted by Gasteiger charge is 2.05. The van der Waals surface area contributed by atoms with Gasteiger partial charge in [-0.15, -0.1) is 0 Å². The minimum atomic E-state index is -0.410. The molecule has 3 nitrogen and oxygen atoms in total. The fourth-order valence-corrected chi connectivity index (χ4v) is 2.48. The molecule has 0 saturated heterocycles. The predicted octanol–water partition coefficient (Wildman–Crippen LogP) is 3.44. The molecule has 0 fully saturated rings. The van der Waals surface area contributed by atoms with Gasteiger partial charge in [0.25, 0.3) is 0 Å². The fourth-order valence-electron chi connectivity index (χ4n) is 2.31. The molecule has 0 radical (unpaired) electrons. The summed E-state index contributed by atoms with van der Waals surface area (Å²) in [6.07, 6.45) is 2.01. The summed E-state index contributed by atoms with van der Waals surface area (Å²) in [6.45, 7) is 0.672. The van der Waals surface area contributed by atoms with Crippen molar-refractivity contribution in [3.05, 3.63) is 70.9 Å². The van der Waals surface area contributed by atoms with E-state index in [4.69, 9.17) is 17.3 Å². The Hall–Kier alpha value is -2.26. The number of benzene rings is 2. The zero-order chi connectivity index (χ0) is 14.1. The third-order valence-electron chi connectivity index (χ3n) is 3.30. The Morgan fingerprint density at radius 3 is 2.80 bits per heavy atom. The summed E-state index contributed by atoms with van der Waals surface area (Å²) in [6, 6.07) is 15.2. The van der Waals surface area contributed by atoms with Crippen molar-refractivity contribution in [2.24, 2.45) is 5.73 Å². The first-order valence-electron chi connectivity index (χ1n) is 6.26. The van der Waals surface area contributed by atoms with Gasteiger partial charge in [-0.25, -0.2) is 0 Å². The van der Waals surface area contributed by atoms with Crippen molar-refractivity contribution in [3.63, 3.8) is 0 Å². The van der Waals surface area contributed by atoms with E-state index >= 15 is 0 Å². The van der Waals surface area contributed by atoms with Gasteiger partial charge in [0.1, 0.15) is 0 Å². The lowest BCUT2D eigenvalue weighted by atomic mass is 10.1. The Morgan fingerprint density at radius 1 is 1.15 bits per heavy atom. The number of rotatable bonds is 3. The van der Waals surface area contributed by atoms with Crippen LogP contribution in [0.1, 0.15) is 15.9 Å². The number of primary amides is 1. The van der Waals surface area contributed by atoms with Crippen molar-refractivity contribution in [3.8, 4) is 0 Å². The minimum absolute atomic E-state index is 0.410. The second-order valence-corrected chi connectivity index (χ2v) is 5.15. The summed E-state index contributed by atoms with van der Waals surface area (Å²) in [5, 5.41) is 1.85. The summed E-state index contributed by atoms with van der Waals surface area (Å²) >= 11 is 6.04. The van der Waals surface area contributed by atoms with E-state index < -0.39 is 5.91 Å². The molecule has 20 heavy (non-hydrogen) atoms. The molecule has 2 N–H and O–H groups in total. The number of hydrogen-bond acceptors (Lipinski definition) is 1. The van der Waals surface area contributed by atoms with Crippen LogP contribution in [0.15, 0.2) is 54.7 Å². The molecule has 0 atom stereocenters. The number of nitrogens with two attached hydrogens (primary N) is 1. The highest BCUT2D eigenvalue weighted by atomic mass is 35.5. The van der Waals surface area contributed by atoms with Crippen molar-refractivity contribution in [2.45, 2.75) is 6.54 Å². The van der Waals surface area contributed by atoms with Crippen LogP contribution in [-0.2, 0) is 6.54 Å². The number of amides is 1. The van der Waals surface area contributed by atoms with Crippen LogP contribution in [-0.4, -0.2) is 10.5 Å². The molecule has 3 aromatic rings. The summed E-state index contributed by atoms with van der Waals surface area (Å²) < 4.78 is 2.10. The Kier molecular flexibility index (Phi) is 3.20. The number of fused-ring (bicyclic) bond motifs is 1. The molecular weight excluding hydrogens is 272 g/mol. The normalized spacial score (nSPS) is 10.8. The molecule has 0 saturated carbocycles. The third kappa shape index (κ3) is 2.40. The zero-order valence-electron chi connectivity index (χ0n) is 10.7. The van der Waals surface area contributed by atoms with Crippen molar-refractivity contribution in [1.82, 2.24) is 4.57 Å². The average Bonchev–Trinajstić information content (AvgIpc) is 2.82. The Morgan fingerprint density at radius 2 is 2.00 bits per heavy atom. The zero-order valence-corrected chi connectivity index (χ0v) is 11.5. The Labute approximate surface area is 121 Å². The van der Waals surface area contributed by atoms with Gasteiger partial charge in [0.05, 0.1) is 0 Å². The van der Waals surface area contributed by atoms with Gasteiger partial charge >= 0.3 is 0 Å². The topological polar surface area (TPSA) is 48.0 Å². The maximum absolute atomic E-state index is 11.2. The van der Waals surface area contributed by atoms with Crippen LogP contribution in [0, 0.1) is 0 Å². The van der Waals surface area contributed by atoms with Crippen molar-refractivity contribution < 1.29 is 4.79 Å². The van der Waals surface area contributed by atoms with Crippen LogP contribution >= 0.6 is 11.6 Å². The molecule has 0 aliphatic rings. The van der Waals surface area contributed by atoms with Crippen LogP contribution in [0.5, 0.6) is 0 Å². The van der Waals surface area contributed by atoms with E-state index in [-0.39, 0.29) is 0 Å². The van der Waals surface area contributed by atoms with Gasteiger partial charge in [0.2, 0.25) is 5.91 Å². The lowest BCUT2D eigenvalue weighted by molar-refractivity contribution is 0.1000. The molecule has 100 valence electrons. The van der Waals surface area contributed by atoms with Crippen molar-refractivity contribution >= 4 is 28.4 Å². The van der Waals surface area contributed by atoms with Gasteiger partial charge in [-0.05, 0) is 41.3 Å². The van der Waals surface area contributed by atoms with E-state index in [1.54, 1.807) is 6.07 Å². The van der Waals surface area contributed by atoms with Gasteiger partial charge in [0, 0.05) is 28.8 Å². The Balaban J connectivity index is 1.99. The maximum Gasteiger partial charge on any atom is 0.248 e. The number of halogens is 1. The highest BCUT2D eigenvalue weighted by Crippen LogP contribution is 2.21. The molecular formula is C16H13ClN2O. The first-order chi connectivity index (χ1) is 9.63. The summed E-state index contributed by atoms with van der Waals surface area (Å²) in [7, 11) is 0. The largest absolute Gasteiger partial charge is 0.366 e. The SMILES string of the molecule is NC(=O)c1cccc(Cn2ccc3ccc(Cl)cc32)c1. The monoisotopic (exact) mass is 284 g/mol. The van der Waals surface area contributed by atoms with Gasteiger partial charge in [-0.2, -0.15) is 0 Å². The molecule has 0 unspecified atom stereocenters. The molecule has 0 aliphatic heterocycles. The molecule has 3 rings (SSSR count). The summed E-state index contributed by atoms with van der Waals surface area (Å²) in [5.74, 6) is -0.410. The fraction of sp³-hybridized carbons (Fsp3) is 0.0625. The lowest BCUT2D eigenvalue weighted by Crippen LogP contribution is -2.11. The lowest BCUT2D eigenvalue weighted by Gasteiger charge is -2.07. The predicted molar refractivity (Wildman–Crippen MR) is 81.0 cm³/mol. The van der Waals surface area contributed by atoms with Crippen LogP contribution in [0.2, 0.25) is 5.02 Å². The molecule has 0 aliphatic carbocycles. The first kappa shape index (κ1) is 12.8. The number of hydrogen-bond donors (Lipinski definition) is 1. The smallest absolute Gasteiger partial charge is 0.248 e. The molecule has 0 spiro atoms. The summed E-state index contributed by atoms with van der Waals surface area (Å²) in [4.78, 5) is 11.2. The molecule has 0 bridgehead atoms. The molecule has 2 aromatic carbocycles. The Bertz CT molecular complexity index is 792. The number of aromatic nitrogens is 1. The van der Waals surface area contributed by atoms with Gasteiger partial charge in [-0.1, -0.05) is 29.8 Å². The highest BCUT2D eigenvalue weighted by molar-refractivity contribution is 6.31. The average molecular weight is 285 g/mol. The van der Waals surface area contributed by atoms with Crippen LogP contribution in [0.25, 0.3) is 10.9 Å². The number of carbonyl (C=O) groups is 1. The third-order valence-corrected chi connectivity index (χ3v) is 3.54. The van der Waals surface area contributed by atoms with Gasteiger partial charge in [0.15, 0.2) is 0 Å². The standard InChI is InChI=1S/C16H13ClN2O/c17-14-5-4-12-6-7-19(15(12)9-14)10-11-2-1-3-13(8-11)16(18)20/h1-9H,10H2,(H2,18,20). The van der Waals surface area contributed by atoms with E-state index in [1.165, 1.54) is 0 Å². The van der Waals surface area contributed by atoms with E-state index in [1.807, 2.05) is 48.7 Å². The van der Waals surface area contributed by atoms with E-state index in [0.717, 1.165) is 16.5 Å². The quantitative estimate of drug-likeness (QED) is 0.787. The second kappa shape index (κ2) is 5.02. The maximum atomic E-state index is 11.2. The summed E-state index contributed by atoms with van der Waals surface area (Å²) in [5.41, 5.74) is 7.93. The molecule has 1 heterocycles. The van der Waals surface area contributed by atoms with E-state index in [2.05, 4.69) is 4.57 Å².